The molecule has 0 radical (unpaired) electrons. The quantitative estimate of drug-likeness (QED) is 0.0868. The summed E-state index contributed by atoms with van der Waals surface area (Å²) in [7, 11) is -5.34. The summed E-state index contributed by atoms with van der Waals surface area (Å²) in [5.41, 5.74) is 13.4. The molecule has 5 fully saturated rings. The van der Waals surface area contributed by atoms with Gasteiger partial charge in [0.25, 0.3) is 0 Å². The third-order valence-corrected chi connectivity index (χ3v) is 16.5. The van der Waals surface area contributed by atoms with E-state index < -0.39 is 78.2 Å². The number of aliphatic hydroxyl groups is 3. The summed E-state index contributed by atoms with van der Waals surface area (Å²) in [4.78, 5) is 10.9. The van der Waals surface area contributed by atoms with E-state index in [0.29, 0.717) is 30.1 Å². The lowest BCUT2D eigenvalue weighted by Gasteiger charge is -2.58. The Morgan fingerprint density at radius 1 is 0.944 bits per heavy atom. The van der Waals surface area contributed by atoms with Gasteiger partial charge in [-0.05, 0) is 97.7 Å². The fourth-order valence-corrected chi connectivity index (χ4v) is 13.4. The number of hydrogen-bond acceptors (Lipinski definition) is 13. The number of ether oxygens (including phenoxy) is 2. The molecule has 312 valence electrons. The fourth-order valence-electron chi connectivity index (χ4n) is 11.4. The van der Waals surface area contributed by atoms with Gasteiger partial charge in [-0.15, -0.1) is 0 Å². The van der Waals surface area contributed by atoms with E-state index in [1.165, 1.54) is 57.6 Å². The first-order valence-electron chi connectivity index (χ1n) is 20.3. The predicted molar refractivity (Wildman–Crippen MR) is 202 cm³/mol. The molecule has 6 aliphatic rings. The fraction of sp³-hybridized carbons (Fsp3) is 0.947. The second kappa shape index (κ2) is 17.6. The third-order valence-electron chi connectivity index (χ3n) is 14.4. The molecule has 0 aromatic rings. The summed E-state index contributed by atoms with van der Waals surface area (Å²) in [6.07, 6.45) is 5.23. The van der Waals surface area contributed by atoms with Gasteiger partial charge in [0, 0.05) is 7.11 Å². The van der Waals surface area contributed by atoms with Gasteiger partial charge in [0.2, 0.25) is 0 Å². The number of rotatable bonds is 16. The zero-order valence-electron chi connectivity index (χ0n) is 33.0. The number of aliphatic hydroxyl groups excluding tert-OH is 3. The zero-order valence-corrected chi connectivity index (χ0v) is 34.8. The van der Waals surface area contributed by atoms with E-state index in [0.717, 1.165) is 36.5 Å². The molecule has 0 aromatic carbocycles. The first-order chi connectivity index (χ1) is 25.5. The maximum Gasteiger partial charge on any atom is 0.472 e. The molecule has 2 saturated heterocycles. The predicted octanol–water partition coefficient (Wildman–Crippen LogP) is 5.26. The molecule has 18 atom stereocenters. The van der Waals surface area contributed by atoms with Crippen molar-refractivity contribution in [2.45, 2.75) is 160 Å². The van der Waals surface area contributed by atoms with Gasteiger partial charge >= 0.3 is 16.4 Å². The third kappa shape index (κ3) is 9.04. The van der Waals surface area contributed by atoms with E-state index in [1.807, 2.05) is 0 Å². The molecule has 6 rings (SSSR count). The van der Waals surface area contributed by atoms with Crippen LogP contribution in [0.4, 0.5) is 0 Å². The summed E-state index contributed by atoms with van der Waals surface area (Å²) >= 11 is 0. The van der Waals surface area contributed by atoms with Crippen molar-refractivity contribution in [3.05, 3.63) is 11.6 Å². The minimum Gasteiger partial charge on any atom is -0.387 e. The topological polar surface area (TPSA) is 215 Å². The second-order valence-electron chi connectivity index (χ2n) is 18.0. The lowest BCUT2D eigenvalue weighted by molar-refractivity contribution is -0.0587. The molecule has 0 aromatic heterocycles. The molecule has 17 unspecified atom stereocenters. The largest absolute Gasteiger partial charge is 0.472 e. The Labute approximate surface area is 322 Å². The van der Waals surface area contributed by atoms with Crippen LogP contribution in [0.2, 0.25) is 0 Å². The first kappa shape index (κ1) is 43.5. The van der Waals surface area contributed by atoms with Crippen molar-refractivity contribution in [1.82, 2.24) is 0 Å². The van der Waals surface area contributed by atoms with E-state index in [1.54, 1.807) is 0 Å². The highest BCUT2D eigenvalue weighted by molar-refractivity contribution is 7.47. The molecular formula is C38H68N2O12P2. The first-order valence-corrected chi connectivity index (χ1v) is 22.9. The molecule has 0 amide bonds. The summed E-state index contributed by atoms with van der Waals surface area (Å²) in [5, 5.41) is 30.7. The summed E-state index contributed by atoms with van der Waals surface area (Å²) < 4.78 is 52.2. The minimum absolute atomic E-state index is 0.0650. The molecule has 8 N–H and O–H groups in total. The van der Waals surface area contributed by atoms with Crippen LogP contribution in [0.3, 0.4) is 0 Å². The van der Waals surface area contributed by atoms with Gasteiger partial charge in [-0.2, -0.15) is 0 Å². The van der Waals surface area contributed by atoms with Crippen molar-refractivity contribution in [2.24, 2.45) is 57.8 Å². The Bertz CT molecular complexity index is 1350. The van der Waals surface area contributed by atoms with Crippen LogP contribution >= 0.6 is 16.4 Å². The van der Waals surface area contributed by atoms with Gasteiger partial charge in [0.15, 0.2) is 0 Å². The van der Waals surface area contributed by atoms with Crippen molar-refractivity contribution < 1.29 is 56.9 Å². The smallest absolute Gasteiger partial charge is 0.387 e. The molecule has 3 saturated carbocycles. The minimum atomic E-state index is -4.54. The van der Waals surface area contributed by atoms with Gasteiger partial charge in [0.1, 0.15) is 49.1 Å². The van der Waals surface area contributed by atoms with E-state index in [9.17, 15) is 24.8 Å². The van der Waals surface area contributed by atoms with E-state index in [-0.39, 0.29) is 12.0 Å². The van der Waals surface area contributed by atoms with Gasteiger partial charge in [-0.3, -0.25) is 9.05 Å². The zero-order chi connectivity index (χ0) is 39.2. The Morgan fingerprint density at radius 2 is 1.67 bits per heavy atom. The molecule has 0 bridgehead atoms. The highest BCUT2D eigenvalue weighted by Crippen LogP contribution is 2.68. The molecule has 54 heavy (non-hydrogen) atoms. The Morgan fingerprint density at radius 3 is 2.35 bits per heavy atom. The van der Waals surface area contributed by atoms with Crippen molar-refractivity contribution in [3.8, 4) is 0 Å². The van der Waals surface area contributed by atoms with Crippen molar-refractivity contribution in [2.75, 3.05) is 20.3 Å². The summed E-state index contributed by atoms with van der Waals surface area (Å²) in [5.74, 6) is 4.43. The van der Waals surface area contributed by atoms with Gasteiger partial charge < -0.3 is 54.7 Å². The second-order valence-corrected chi connectivity index (χ2v) is 20.7. The Balaban J connectivity index is 1.01. The van der Waals surface area contributed by atoms with Crippen LogP contribution in [-0.2, 0) is 36.7 Å². The molecule has 4 aliphatic carbocycles. The highest BCUT2D eigenvalue weighted by atomic mass is 31.2. The van der Waals surface area contributed by atoms with Gasteiger partial charge in [0.05, 0.1) is 19.3 Å². The van der Waals surface area contributed by atoms with Crippen LogP contribution in [0.1, 0.15) is 105 Å². The normalized spacial score (nSPS) is 45.7. The molecule has 2 aliphatic heterocycles. The van der Waals surface area contributed by atoms with E-state index in [2.05, 4.69) is 40.7 Å². The Hall–Kier alpha value is -0.120. The molecule has 14 nitrogen and oxygen atoms in total. The van der Waals surface area contributed by atoms with Gasteiger partial charge in [-0.25, -0.2) is 4.57 Å². The number of allylic oxidation sites excluding steroid dienone is 1. The van der Waals surface area contributed by atoms with Crippen molar-refractivity contribution in [1.29, 1.82) is 0 Å². The average Bonchev–Trinajstić information content (AvgIpc) is 3.70. The molecule has 2 heterocycles. The van der Waals surface area contributed by atoms with Crippen LogP contribution in [0.5, 0.6) is 0 Å². The van der Waals surface area contributed by atoms with Gasteiger partial charge in [-0.1, -0.05) is 65.5 Å². The van der Waals surface area contributed by atoms with Crippen LogP contribution in [0, 0.1) is 46.3 Å². The molecule has 16 heteroatoms. The molecule has 0 spiro atoms. The van der Waals surface area contributed by atoms with Crippen LogP contribution in [0.25, 0.3) is 0 Å². The number of nitrogens with two attached hydrogens (primary N) is 2. The maximum absolute atomic E-state index is 13.3. The average molecular weight is 807 g/mol. The molecular weight excluding hydrogens is 738 g/mol. The SMILES string of the molecule is COP(OCC1OC(N)C(O)C1O)OC1C(COP(=O)(O)OC2CCC3(C)C(=CCC4C3CCC3(C)C4CCC3[C@H](C)CCCC(C)C)C2)OC(N)C1O. The highest BCUT2D eigenvalue weighted by Gasteiger charge is 2.59. The van der Waals surface area contributed by atoms with Crippen molar-refractivity contribution >= 4 is 16.4 Å². The van der Waals surface area contributed by atoms with Crippen LogP contribution in [-0.4, -0.2) is 95.7 Å². The lowest BCUT2D eigenvalue weighted by Crippen LogP contribution is -2.51. The van der Waals surface area contributed by atoms with E-state index in [4.69, 9.17) is 43.6 Å². The number of fused-ring (bicyclic) bond motifs is 5. The summed E-state index contributed by atoms with van der Waals surface area (Å²) in [6, 6.07) is 0. The summed E-state index contributed by atoms with van der Waals surface area (Å²) in [6.45, 7) is 11.5. The van der Waals surface area contributed by atoms with E-state index >= 15 is 0 Å². The van der Waals surface area contributed by atoms with Crippen molar-refractivity contribution in [3.63, 3.8) is 0 Å². The Kier molecular flexibility index (Phi) is 14.2. The monoisotopic (exact) mass is 806 g/mol. The standard InChI is InChI=1S/C38H68N2O12P2/c1-21(2)8-7-9-22(3)26-12-13-27-25-11-10-23-18-24(14-16-37(23,4)28(25)15-17-38(26,27)5)52-54(44,45)48-20-30-34(33(43)36(40)50-30)51-53(46-6)47-19-29-31(41)32(42)35(39)49-29/h10,21-22,24-36,41-43H,7-9,11-20,39-40H2,1-6H3,(H,44,45)/t22-,24?,25?,26?,27?,28?,29?,30?,31?,32?,33?,34?,35?,36?,37?,38?,53?/m1/s1. The van der Waals surface area contributed by atoms with Crippen LogP contribution < -0.4 is 11.5 Å². The number of phosphoric ester groups is 1. The number of phosphoric acid groups is 1. The maximum atomic E-state index is 13.3. The lowest BCUT2D eigenvalue weighted by atomic mass is 9.47. The van der Waals surface area contributed by atoms with Crippen LogP contribution in [0.15, 0.2) is 11.6 Å². The number of hydrogen-bond donors (Lipinski definition) is 6.